The summed E-state index contributed by atoms with van der Waals surface area (Å²) in [6.07, 6.45) is 3.92. The van der Waals surface area contributed by atoms with Gasteiger partial charge in [-0.05, 0) is 62.3 Å². The molecule has 1 unspecified atom stereocenters. The van der Waals surface area contributed by atoms with Crippen LogP contribution in [0.5, 0.6) is 5.75 Å². The van der Waals surface area contributed by atoms with Crippen LogP contribution in [0.1, 0.15) is 51.6 Å². The van der Waals surface area contributed by atoms with Crippen molar-refractivity contribution in [2.45, 2.75) is 46.1 Å². The van der Waals surface area contributed by atoms with E-state index in [1.807, 2.05) is 0 Å². The first kappa shape index (κ1) is 14.4. The average molecular weight is 261 g/mol. The molecule has 0 bridgehead atoms. The molecule has 0 aliphatic heterocycles. The minimum Gasteiger partial charge on any atom is -0.494 e. The fourth-order valence-electron chi connectivity index (χ4n) is 2.05. The van der Waals surface area contributed by atoms with Crippen LogP contribution in [0.4, 0.5) is 0 Å². The quantitative estimate of drug-likeness (QED) is 0.758. The second kappa shape index (κ2) is 6.95. The van der Waals surface area contributed by atoms with E-state index in [-0.39, 0.29) is 0 Å². The molecule has 0 aromatic heterocycles. The van der Waals surface area contributed by atoms with Crippen LogP contribution in [0.25, 0.3) is 0 Å². The van der Waals surface area contributed by atoms with Crippen LogP contribution in [0, 0.1) is 11.8 Å². The maximum Gasteiger partial charge on any atom is 0.119 e. The molecular formula is C17H27NO. The summed E-state index contributed by atoms with van der Waals surface area (Å²) in [6.45, 7) is 8.65. The smallest absolute Gasteiger partial charge is 0.119 e. The van der Waals surface area contributed by atoms with Crippen LogP contribution >= 0.6 is 0 Å². The van der Waals surface area contributed by atoms with Crippen molar-refractivity contribution < 1.29 is 4.74 Å². The Morgan fingerprint density at radius 2 is 1.84 bits per heavy atom. The third-order valence-corrected chi connectivity index (χ3v) is 3.75. The summed E-state index contributed by atoms with van der Waals surface area (Å²) in [5.41, 5.74) is 1.34. The zero-order valence-corrected chi connectivity index (χ0v) is 12.5. The van der Waals surface area contributed by atoms with Crippen LogP contribution in [0.2, 0.25) is 0 Å². The van der Waals surface area contributed by atoms with Gasteiger partial charge in [-0.2, -0.15) is 0 Å². The molecule has 1 atom stereocenters. The van der Waals surface area contributed by atoms with Crippen molar-refractivity contribution in [1.29, 1.82) is 0 Å². The van der Waals surface area contributed by atoms with E-state index in [9.17, 15) is 0 Å². The lowest BCUT2D eigenvalue weighted by Gasteiger charge is -2.15. The van der Waals surface area contributed by atoms with Crippen molar-refractivity contribution in [3.05, 3.63) is 29.8 Å². The number of benzene rings is 1. The van der Waals surface area contributed by atoms with Gasteiger partial charge in [-0.1, -0.05) is 26.0 Å². The van der Waals surface area contributed by atoms with E-state index < -0.39 is 0 Å². The molecule has 0 spiro atoms. The van der Waals surface area contributed by atoms with Gasteiger partial charge in [0.25, 0.3) is 0 Å². The van der Waals surface area contributed by atoms with E-state index in [1.54, 1.807) is 0 Å². The second-order valence-electron chi connectivity index (χ2n) is 6.17. The summed E-state index contributed by atoms with van der Waals surface area (Å²) in [5, 5.41) is 3.60. The summed E-state index contributed by atoms with van der Waals surface area (Å²) >= 11 is 0. The molecule has 0 amide bonds. The van der Waals surface area contributed by atoms with Gasteiger partial charge >= 0.3 is 0 Å². The summed E-state index contributed by atoms with van der Waals surface area (Å²) < 4.78 is 5.74. The highest BCUT2D eigenvalue weighted by Gasteiger charge is 2.21. The van der Waals surface area contributed by atoms with Crippen molar-refractivity contribution in [1.82, 2.24) is 5.32 Å². The highest BCUT2D eigenvalue weighted by molar-refractivity contribution is 5.28. The topological polar surface area (TPSA) is 21.3 Å². The van der Waals surface area contributed by atoms with Gasteiger partial charge in [0.15, 0.2) is 0 Å². The maximum atomic E-state index is 5.74. The Morgan fingerprint density at radius 1 is 1.16 bits per heavy atom. The lowest BCUT2D eigenvalue weighted by Crippen LogP contribution is -2.20. The minimum absolute atomic E-state index is 0.435. The van der Waals surface area contributed by atoms with Crippen molar-refractivity contribution in [2.75, 3.05) is 13.2 Å². The van der Waals surface area contributed by atoms with Gasteiger partial charge in [0.2, 0.25) is 0 Å². The van der Waals surface area contributed by atoms with Gasteiger partial charge in [0, 0.05) is 6.04 Å². The van der Waals surface area contributed by atoms with Crippen molar-refractivity contribution in [2.24, 2.45) is 11.8 Å². The Labute approximate surface area is 117 Å². The van der Waals surface area contributed by atoms with Crippen molar-refractivity contribution in [3.8, 4) is 5.75 Å². The predicted octanol–water partition coefficient (Wildman–Crippen LogP) is 4.17. The average Bonchev–Trinajstić information content (AvgIpc) is 3.20. The first-order valence-corrected chi connectivity index (χ1v) is 7.61. The zero-order chi connectivity index (χ0) is 13.7. The van der Waals surface area contributed by atoms with E-state index in [4.69, 9.17) is 4.74 Å². The van der Waals surface area contributed by atoms with E-state index in [0.29, 0.717) is 12.0 Å². The van der Waals surface area contributed by atoms with Crippen molar-refractivity contribution >= 4 is 0 Å². The van der Waals surface area contributed by atoms with Gasteiger partial charge in [0.1, 0.15) is 5.75 Å². The number of hydrogen-bond donors (Lipinski definition) is 1. The molecule has 19 heavy (non-hydrogen) atoms. The molecule has 0 heterocycles. The summed E-state index contributed by atoms with van der Waals surface area (Å²) in [6, 6.07) is 8.96. The van der Waals surface area contributed by atoms with E-state index in [2.05, 4.69) is 50.4 Å². The molecule has 106 valence electrons. The summed E-state index contributed by atoms with van der Waals surface area (Å²) in [5.74, 6) is 2.62. The fraction of sp³-hybridized carbons (Fsp3) is 0.647. The van der Waals surface area contributed by atoms with Crippen molar-refractivity contribution in [3.63, 3.8) is 0 Å². The van der Waals surface area contributed by atoms with Gasteiger partial charge in [-0.15, -0.1) is 0 Å². The van der Waals surface area contributed by atoms with E-state index in [0.717, 1.165) is 31.2 Å². The molecule has 1 N–H and O–H groups in total. The Hall–Kier alpha value is -1.02. The molecule has 1 aromatic carbocycles. The molecule has 1 aliphatic carbocycles. The maximum absolute atomic E-state index is 5.74. The number of nitrogens with one attached hydrogen (secondary N) is 1. The predicted molar refractivity (Wildman–Crippen MR) is 80.5 cm³/mol. The van der Waals surface area contributed by atoms with Gasteiger partial charge in [-0.25, -0.2) is 0 Å². The fourth-order valence-corrected chi connectivity index (χ4v) is 2.05. The number of ether oxygens (including phenoxy) is 1. The molecular weight excluding hydrogens is 234 g/mol. The first-order valence-electron chi connectivity index (χ1n) is 7.61. The Kier molecular flexibility index (Phi) is 5.26. The molecule has 2 nitrogen and oxygen atoms in total. The minimum atomic E-state index is 0.435. The van der Waals surface area contributed by atoms with Gasteiger partial charge in [0.05, 0.1) is 6.61 Å². The Balaban J connectivity index is 1.76. The lowest BCUT2D eigenvalue weighted by molar-refractivity contribution is 0.289. The van der Waals surface area contributed by atoms with E-state index in [1.165, 1.54) is 18.4 Å². The Bertz CT molecular complexity index is 367. The molecule has 1 fully saturated rings. The lowest BCUT2D eigenvalue weighted by atomic mass is 10.1. The molecule has 0 radical (unpaired) electrons. The monoisotopic (exact) mass is 261 g/mol. The van der Waals surface area contributed by atoms with Crippen LogP contribution < -0.4 is 10.1 Å². The van der Waals surface area contributed by atoms with Gasteiger partial charge < -0.3 is 10.1 Å². The Morgan fingerprint density at radius 3 is 2.42 bits per heavy atom. The molecule has 0 saturated heterocycles. The van der Waals surface area contributed by atoms with Gasteiger partial charge in [-0.3, -0.25) is 0 Å². The molecule has 2 rings (SSSR count). The summed E-state index contributed by atoms with van der Waals surface area (Å²) in [4.78, 5) is 0. The van der Waals surface area contributed by atoms with Crippen LogP contribution in [-0.2, 0) is 0 Å². The highest BCUT2D eigenvalue weighted by atomic mass is 16.5. The molecule has 2 heteroatoms. The highest BCUT2D eigenvalue weighted by Crippen LogP contribution is 2.28. The van der Waals surface area contributed by atoms with Crippen LogP contribution in [0.3, 0.4) is 0 Å². The van der Waals surface area contributed by atoms with E-state index >= 15 is 0 Å². The number of hydrogen-bond acceptors (Lipinski definition) is 2. The molecule has 1 saturated carbocycles. The molecule has 1 aromatic rings. The third-order valence-electron chi connectivity index (χ3n) is 3.75. The SMILES string of the molecule is CC(C)CCOc1ccc(C(C)NCC2CC2)cc1. The number of rotatable bonds is 8. The largest absolute Gasteiger partial charge is 0.494 e. The van der Waals surface area contributed by atoms with Crippen LogP contribution in [0.15, 0.2) is 24.3 Å². The zero-order valence-electron chi connectivity index (χ0n) is 12.5. The third kappa shape index (κ3) is 5.23. The summed E-state index contributed by atoms with van der Waals surface area (Å²) in [7, 11) is 0. The molecule has 1 aliphatic rings. The second-order valence-corrected chi connectivity index (χ2v) is 6.17. The normalized spacial score (nSPS) is 16.6. The van der Waals surface area contributed by atoms with Crippen LogP contribution in [-0.4, -0.2) is 13.2 Å². The first-order chi connectivity index (χ1) is 9.15. The standard InChI is InChI=1S/C17H27NO/c1-13(2)10-11-19-17-8-6-16(7-9-17)14(3)18-12-15-4-5-15/h6-9,13-15,18H,4-5,10-12H2,1-3H3.